The minimum Gasteiger partial charge on any atom is -0.496 e. The summed E-state index contributed by atoms with van der Waals surface area (Å²) >= 11 is 0. The average molecular weight is 221 g/mol. The highest BCUT2D eigenvalue weighted by Gasteiger charge is 2.18. The van der Waals surface area contributed by atoms with Crippen molar-refractivity contribution in [2.24, 2.45) is 5.90 Å². The molecule has 0 aromatic heterocycles. The van der Waals surface area contributed by atoms with Crippen LogP contribution in [0.2, 0.25) is 0 Å². The van der Waals surface area contributed by atoms with E-state index in [1.807, 2.05) is 6.07 Å². The lowest BCUT2D eigenvalue weighted by Gasteiger charge is -2.13. The van der Waals surface area contributed by atoms with E-state index in [0.29, 0.717) is 12.5 Å². The van der Waals surface area contributed by atoms with E-state index in [1.54, 1.807) is 7.11 Å². The zero-order chi connectivity index (χ0) is 11.4. The fraction of sp³-hybridized carbons (Fsp3) is 0.538. The van der Waals surface area contributed by atoms with E-state index in [9.17, 15) is 0 Å². The van der Waals surface area contributed by atoms with Crippen LogP contribution in [0.4, 0.5) is 0 Å². The van der Waals surface area contributed by atoms with Gasteiger partial charge in [-0.2, -0.15) is 0 Å². The van der Waals surface area contributed by atoms with Gasteiger partial charge in [0.25, 0.3) is 0 Å². The molecular formula is C13H19NO2. The van der Waals surface area contributed by atoms with Crippen LogP contribution in [-0.4, -0.2) is 7.11 Å². The Morgan fingerprint density at radius 1 is 1.31 bits per heavy atom. The van der Waals surface area contributed by atoms with Gasteiger partial charge in [-0.05, 0) is 36.5 Å². The van der Waals surface area contributed by atoms with E-state index in [4.69, 9.17) is 15.5 Å². The molecule has 1 fully saturated rings. The van der Waals surface area contributed by atoms with E-state index in [1.165, 1.54) is 31.2 Å². The van der Waals surface area contributed by atoms with Crippen molar-refractivity contribution in [3.63, 3.8) is 0 Å². The Balaban J connectivity index is 2.23. The summed E-state index contributed by atoms with van der Waals surface area (Å²) in [5.74, 6) is 6.70. The van der Waals surface area contributed by atoms with E-state index in [0.717, 1.165) is 11.3 Å². The van der Waals surface area contributed by atoms with Gasteiger partial charge >= 0.3 is 0 Å². The van der Waals surface area contributed by atoms with Crippen molar-refractivity contribution in [1.29, 1.82) is 0 Å². The van der Waals surface area contributed by atoms with Crippen molar-refractivity contribution in [2.45, 2.75) is 38.2 Å². The second-order valence-corrected chi connectivity index (χ2v) is 4.36. The number of ether oxygens (including phenoxy) is 1. The Morgan fingerprint density at radius 2 is 2.06 bits per heavy atom. The molecule has 0 saturated heterocycles. The molecule has 3 heteroatoms. The molecule has 2 N–H and O–H groups in total. The van der Waals surface area contributed by atoms with Crippen molar-refractivity contribution in [3.05, 3.63) is 29.3 Å². The van der Waals surface area contributed by atoms with Crippen LogP contribution in [-0.2, 0) is 11.4 Å². The third-order valence-corrected chi connectivity index (χ3v) is 3.37. The van der Waals surface area contributed by atoms with Crippen molar-refractivity contribution < 1.29 is 9.57 Å². The predicted molar refractivity (Wildman–Crippen MR) is 63.2 cm³/mol. The molecule has 1 aromatic rings. The van der Waals surface area contributed by atoms with Crippen LogP contribution in [0.15, 0.2) is 18.2 Å². The molecule has 3 nitrogen and oxygen atoms in total. The molecule has 1 aromatic carbocycles. The standard InChI is InChI=1S/C13H19NO2/c1-15-13-7-6-11(8-12(13)9-16-14)10-4-2-3-5-10/h6-8,10H,2-5,9,14H2,1H3. The largest absolute Gasteiger partial charge is 0.496 e. The van der Waals surface area contributed by atoms with Gasteiger partial charge in [0.15, 0.2) is 0 Å². The summed E-state index contributed by atoms with van der Waals surface area (Å²) < 4.78 is 5.28. The summed E-state index contributed by atoms with van der Waals surface area (Å²) in [6.45, 7) is 0.406. The summed E-state index contributed by atoms with van der Waals surface area (Å²) in [7, 11) is 1.67. The highest BCUT2D eigenvalue weighted by molar-refractivity contribution is 5.38. The van der Waals surface area contributed by atoms with Crippen LogP contribution in [0.5, 0.6) is 5.75 Å². The normalized spacial score (nSPS) is 16.6. The maximum Gasteiger partial charge on any atom is 0.124 e. The summed E-state index contributed by atoms with van der Waals surface area (Å²) in [4.78, 5) is 4.71. The molecule has 1 saturated carbocycles. The molecular weight excluding hydrogens is 202 g/mol. The zero-order valence-electron chi connectivity index (χ0n) is 9.74. The minimum atomic E-state index is 0.406. The fourth-order valence-electron chi connectivity index (χ4n) is 2.51. The minimum absolute atomic E-state index is 0.406. The zero-order valence-corrected chi connectivity index (χ0v) is 9.74. The molecule has 0 heterocycles. The molecule has 0 amide bonds. The third-order valence-electron chi connectivity index (χ3n) is 3.37. The first-order valence-corrected chi connectivity index (χ1v) is 5.83. The van der Waals surface area contributed by atoms with E-state index in [2.05, 4.69) is 12.1 Å². The van der Waals surface area contributed by atoms with Gasteiger partial charge in [-0.1, -0.05) is 18.9 Å². The molecule has 0 radical (unpaired) electrons. The van der Waals surface area contributed by atoms with Crippen LogP contribution in [0.1, 0.15) is 42.7 Å². The van der Waals surface area contributed by atoms with Crippen molar-refractivity contribution >= 4 is 0 Å². The monoisotopic (exact) mass is 221 g/mol. The third kappa shape index (κ3) is 2.36. The number of hydrogen-bond acceptors (Lipinski definition) is 3. The topological polar surface area (TPSA) is 44.5 Å². The Bertz CT molecular complexity index is 346. The fourth-order valence-corrected chi connectivity index (χ4v) is 2.51. The second-order valence-electron chi connectivity index (χ2n) is 4.36. The molecule has 0 bridgehead atoms. The average Bonchev–Trinajstić information content (AvgIpc) is 2.83. The molecule has 0 aliphatic heterocycles. The summed E-state index contributed by atoms with van der Waals surface area (Å²) in [6.07, 6.45) is 5.29. The quantitative estimate of drug-likeness (QED) is 0.795. The van der Waals surface area contributed by atoms with Gasteiger partial charge in [-0.25, -0.2) is 5.90 Å². The maximum absolute atomic E-state index is 5.28. The second kappa shape index (κ2) is 5.32. The smallest absolute Gasteiger partial charge is 0.124 e. The van der Waals surface area contributed by atoms with Crippen molar-refractivity contribution in [2.75, 3.05) is 7.11 Å². The van der Waals surface area contributed by atoms with E-state index >= 15 is 0 Å². The van der Waals surface area contributed by atoms with E-state index in [-0.39, 0.29) is 0 Å². The number of nitrogens with two attached hydrogens (primary N) is 1. The van der Waals surface area contributed by atoms with Crippen LogP contribution in [0.25, 0.3) is 0 Å². The Hall–Kier alpha value is -1.06. The van der Waals surface area contributed by atoms with Crippen LogP contribution in [0.3, 0.4) is 0 Å². The van der Waals surface area contributed by atoms with Gasteiger partial charge in [-0.3, -0.25) is 4.84 Å². The molecule has 88 valence electrons. The number of benzene rings is 1. The van der Waals surface area contributed by atoms with Crippen LogP contribution < -0.4 is 10.6 Å². The molecule has 1 aliphatic rings. The highest BCUT2D eigenvalue weighted by atomic mass is 16.6. The SMILES string of the molecule is COc1ccc(C2CCCC2)cc1CON. The lowest BCUT2D eigenvalue weighted by atomic mass is 9.96. The number of hydrogen-bond donors (Lipinski definition) is 1. The van der Waals surface area contributed by atoms with Gasteiger partial charge in [-0.15, -0.1) is 0 Å². The van der Waals surface area contributed by atoms with Gasteiger partial charge < -0.3 is 4.74 Å². The first-order valence-electron chi connectivity index (χ1n) is 5.83. The predicted octanol–water partition coefficient (Wildman–Crippen LogP) is 2.74. The Kier molecular flexibility index (Phi) is 3.80. The maximum atomic E-state index is 5.28. The van der Waals surface area contributed by atoms with Gasteiger partial charge in [0, 0.05) is 5.56 Å². The van der Waals surface area contributed by atoms with Gasteiger partial charge in [0.1, 0.15) is 5.75 Å². The first kappa shape index (κ1) is 11.4. The summed E-state index contributed by atoms with van der Waals surface area (Å²) in [6, 6.07) is 6.35. The van der Waals surface area contributed by atoms with E-state index < -0.39 is 0 Å². The van der Waals surface area contributed by atoms with Crippen LogP contribution >= 0.6 is 0 Å². The van der Waals surface area contributed by atoms with Gasteiger partial charge in [0.2, 0.25) is 0 Å². The first-order chi connectivity index (χ1) is 7.85. The molecule has 0 unspecified atom stereocenters. The molecule has 2 rings (SSSR count). The molecule has 0 atom stereocenters. The lowest BCUT2D eigenvalue weighted by molar-refractivity contribution is 0.122. The Morgan fingerprint density at radius 3 is 2.69 bits per heavy atom. The molecule has 0 spiro atoms. The Labute approximate surface area is 96.5 Å². The molecule has 16 heavy (non-hydrogen) atoms. The lowest BCUT2D eigenvalue weighted by Crippen LogP contribution is -2.03. The highest BCUT2D eigenvalue weighted by Crippen LogP contribution is 2.35. The van der Waals surface area contributed by atoms with Crippen molar-refractivity contribution in [1.82, 2.24) is 0 Å². The van der Waals surface area contributed by atoms with Crippen molar-refractivity contribution in [3.8, 4) is 5.75 Å². The van der Waals surface area contributed by atoms with Gasteiger partial charge in [0.05, 0.1) is 13.7 Å². The van der Waals surface area contributed by atoms with Crippen LogP contribution in [0, 0.1) is 0 Å². The summed E-state index contributed by atoms with van der Waals surface area (Å²) in [5.41, 5.74) is 2.43. The summed E-state index contributed by atoms with van der Waals surface area (Å²) in [5, 5.41) is 0. The molecule has 1 aliphatic carbocycles. The number of methoxy groups -OCH3 is 1. The number of rotatable bonds is 4.